The van der Waals surface area contributed by atoms with Crippen molar-refractivity contribution in [3.63, 3.8) is 0 Å². The number of piperazine rings is 1. The number of hydrogen-bond acceptors (Lipinski definition) is 5. The lowest BCUT2D eigenvalue weighted by atomic mass is 10.1. The third kappa shape index (κ3) is 3.06. The number of likely N-dealkylation sites (N-methyl/N-ethyl adjacent to an activating group) is 1. The molecule has 1 saturated heterocycles. The van der Waals surface area contributed by atoms with Crippen LogP contribution >= 0.6 is 0 Å². The summed E-state index contributed by atoms with van der Waals surface area (Å²) in [5.74, 6) is -0.0731. The molecule has 1 aromatic heterocycles. The van der Waals surface area contributed by atoms with Crippen LogP contribution in [-0.2, 0) is 25.4 Å². The molecule has 2 N–H and O–H groups in total. The Labute approximate surface area is 122 Å². The maximum absolute atomic E-state index is 11.9. The van der Waals surface area contributed by atoms with Gasteiger partial charge in [0.2, 0.25) is 5.91 Å². The Bertz CT molecular complexity index is 648. The Hall–Kier alpha value is -1.93. The normalized spacial score (nSPS) is 19.5. The molecule has 0 spiro atoms. The van der Waals surface area contributed by atoms with Gasteiger partial charge in [-0.1, -0.05) is 0 Å². The van der Waals surface area contributed by atoms with Crippen molar-refractivity contribution in [1.82, 2.24) is 24.7 Å². The van der Waals surface area contributed by atoms with Crippen molar-refractivity contribution in [3.8, 4) is 0 Å². The van der Waals surface area contributed by atoms with Crippen molar-refractivity contribution in [3.05, 3.63) is 32.6 Å². The predicted octanol–water partition coefficient (Wildman–Crippen LogP) is -2.40. The van der Waals surface area contributed by atoms with Crippen molar-refractivity contribution in [2.75, 3.05) is 26.7 Å². The topological polar surface area (TPSA) is 88.4 Å². The van der Waals surface area contributed by atoms with Gasteiger partial charge in [-0.2, -0.15) is 0 Å². The van der Waals surface area contributed by atoms with Crippen molar-refractivity contribution in [2.24, 2.45) is 14.1 Å². The monoisotopic (exact) mass is 295 g/mol. The lowest BCUT2D eigenvalue weighted by Crippen LogP contribution is -2.57. The zero-order valence-corrected chi connectivity index (χ0v) is 12.5. The Morgan fingerprint density at radius 2 is 2.10 bits per heavy atom. The van der Waals surface area contributed by atoms with Crippen LogP contribution in [0.1, 0.15) is 5.69 Å². The van der Waals surface area contributed by atoms with Crippen LogP contribution in [0.25, 0.3) is 0 Å². The van der Waals surface area contributed by atoms with Gasteiger partial charge >= 0.3 is 5.69 Å². The van der Waals surface area contributed by atoms with E-state index in [1.54, 1.807) is 14.1 Å². The van der Waals surface area contributed by atoms with E-state index in [9.17, 15) is 14.4 Å². The second kappa shape index (κ2) is 6.23. The first-order valence-electron chi connectivity index (χ1n) is 6.88. The van der Waals surface area contributed by atoms with Gasteiger partial charge in [-0.3, -0.25) is 23.6 Å². The average molecular weight is 295 g/mol. The molecule has 8 heteroatoms. The molecule has 1 atom stereocenters. The van der Waals surface area contributed by atoms with E-state index in [1.807, 2.05) is 4.90 Å². The van der Waals surface area contributed by atoms with E-state index in [1.165, 1.54) is 17.7 Å². The highest BCUT2D eigenvalue weighted by molar-refractivity contribution is 5.81. The van der Waals surface area contributed by atoms with Crippen molar-refractivity contribution < 1.29 is 4.79 Å². The average Bonchev–Trinajstić information content (AvgIpc) is 2.50. The van der Waals surface area contributed by atoms with E-state index in [0.717, 1.165) is 11.1 Å². The third-order valence-corrected chi connectivity index (χ3v) is 3.89. The van der Waals surface area contributed by atoms with Gasteiger partial charge in [0.1, 0.15) is 6.04 Å². The first-order chi connectivity index (χ1) is 9.95. The summed E-state index contributed by atoms with van der Waals surface area (Å²) in [4.78, 5) is 37.6. The summed E-state index contributed by atoms with van der Waals surface area (Å²) in [5.41, 5.74) is -0.0808. The quantitative estimate of drug-likeness (QED) is 0.649. The maximum Gasteiger partial charge on any atom is 0.330 e. The van der Waals surface area contributed by atoms with E-state index in [4.69, 9.17) is 0 Å². The fraction of sp³-hybridized carbons (Fsp3) is 0.615. The smallest absolute Gasteiger partial charge is 0.330 e. The van der Waals surface area contributed by atoms with Crippen molar-refractivity contribution in [2.45, 2.75) is 12.6 Å². The van der Waals surface area contributed by atoms with Crippen LogP contribution < -0.4 is 21.9 Å². The summed E-state index contributed by atoms with van der Waals surface area (Å²) in [5, 5.41) is 5.82. The number of amides is 1. The van der Waals surface area contributed by atoms with Gasteiger partial charge in [0.15, 0.2) is 0 Å². The molecule has 0 bridgehead atoms. The van der Waals surface area contributed by atoms with Crippen molar-refractivity contribution in [1.29, 1.82) is 0 Å². The largest absolute Gasteiger partial charge is 0.358 e. The first kappa shape index (κ1) is 15.5. The van der Waals surface area contributed by atoms with Crippen LogP contribution in [-0.4, -0.2) is 52.7 Å². The summed E-state index contributed by atoms with van der Waals surface area (Å²) in [6.45, 7) is 2.40. The fourth-order valence-corrected chi connectivity index (χ4v) is 2.50. The van der Waals surface area contributed by atoms with Crippen LogP contribution in [0.5, 0.6) is 0 Å². The molecule has 1 unspecified atom stereocenters. The number of aromatic nitrogens is 2. The number of hydrogen-bond donors (Lipinski definition) is 2. The van der Waals surface area contributed by atoms with Crippen LogP contribution in [0.15, 0.2) is 15.7 Å². The highest BCUT2D eigenvalue weighted by atomic mass is 16.2. The lowest BCUT2D eigenvalue weighted by Gasteiger charge is -2.35. The first-order valence-corrected chi connectivity index (χ1v) is 6.88. The van der Waals surface area contributed by atoms with E-state index < -0.39 is 0 Å². The number of carbonyl (C=O) groups is 1. The molecule has 1 aromatic rings. The fourth-order valence-electron chi connectivity index (χ4n) is 2.50. The number of carbonyl (C=O) groups excluding carboxylic acids is 1. The van der Waals surface area contributed by atoms with E-state index in [0.29, 0.717) is 25.3 Å². The second-order valence-electron chi connectivity index (χ2n) is 5.18. The molecule has 0 aliphatic carbocycles. The van der Waals surface area contributed by atoms with Crippen molar-refractivity contribution >= 4 is 5.91 Å². The van der Waals surface area contributed by atoms with Gasteiger partial charge in [0, 0.05) is 59.1 Å². The Morgan fingerprint density at radius 1 is 1.38 bits per heavy atom. The molecule has 8 nitrogen and oxygen atoms in total. The number of nitrogens with zero attached hydrogens (tertiary/aromatic N) is 3. The molecule has 0 aromatic carbocycles. The lowest BCUT2D eigenvalue weighted by molar-refractivity contribution is -0.126. The highest BCUT2D eigenvalue weighted by Crippen LogP contribution is 2.08. The van der Waals surface area contributed by atoms with E-state index in [2.05, 4.69) is 10.6 Å². The van der Waals surface area contributed by atoms with Gasteiger partial charge in [-0.05, 0) is 0 Å². The SMILES string of the molecule is CNC(=O)C1CNCCN1Cc1cc(=O)n(C)c(=O)n1C. The molecule has 21 heavy (non-hydrogen) atoms. The minimum absolute atomic E-state index is 0.0731. The molecule has 1 aliphatic rings. The Balaban J connectivity index is 2.30. The molecule has 0 saturated carbocycles. The predicted molar refractivity (Wildman–Crippen MR) is 78.1 cm³/mol. The van der Waals surface area contributed by atoms with Gasteiger partial charge in [0.05, 0.1) is 0 Å². The van der Waals surface area contributed by atoms with Gasteiger partial charge < -0.3 is 10.6 Å². The molecular formula is C13H21N5O3. The van der Waals surface area contributed by atoms with Crippen LogP contribution in [0, 0.1) is 0 Å². The zero-order valence-electron chi connectivity index (χ0n) is 12.5. The summed E-state index contributed by atoms with van der Waals surface area (Å²) in [7, 11) is 4.68. The standard InChI is InChI=1S/C13H21N5O3/c1-14-12(20)10-7-15-4-5-18(10)8-9-6-11(19)17(3)13(21)16(9)2/h6,10,15H,4-5,7-8H2,1-3H3,(H,14,20). The third-order valence-electron chi connectivity index (χ3n) is 3.89. The summed E-state index contributed by atoms with van der Waals surface area (Å²) < 4.78 is 2.52. The summed E-state index contributed by atoms with van der Waals surface area (Å²) in [6.07, 6.45) is 0. The minimum atomic E-state index is -0.357. The van der Waals surface area contributed by atoms with Crippen LogP contribution in [0.3, 0.4) is 0 Å². The second-order valence-corrected chi connectivity index (χ2v) is 5.18. The molecule has 1 fully saturated rings. The molecule has 0 radical (unpaired) electrons. The molecule has 1 amide bonds. The van der Waals surface area contributed by atoms with Gasteiger partial charge in [0.25, 0.3) is 5.56 Å². The molecule has 116 valence electrons. The van der Waals surface area contributed by atoms with Gasteiger partial charge in [-0.25, -0.2) is 4.79 Å². The summed E-state index contributed by atoms with van der Waals surface area (Å²) >= 11 is 0. The van der Waals surface area contributed by atoms with Gasteiger partial charge in [-0.15, -0.1) is 0 Å². The summed E-state index contributed by atoms with van der Waals surface area (Å²) in [6, 6.07) is 1.15. The van der Waals surface area contributed by atoms with E-state index >= 15 is 0 Å². The molecule has 2 rings (SSSR count). The molecule has 2 heterocycles. The zero-order chi connectivity index (χ0) is 15.6. The molecule has 1 aliphatic heterocycles. The number of nitrogens with one attached hydrogen (secondary N) is 2. The highest BCUT2D eigenvalue weighted by Gasteiger charge is 2.28. The Morgan fingerprint density at radius 3 is 2.76 bits per heavy atom. The van der Waals surface area contributed by atoms with E-state index in [-0.39, 0.29) is 23.2 Å². The van der Waals surface area contributed by atoms with Crippen LogP contribution in [0.2, 0.25) is 0 Å². The van der Waals surface area contributed by atoms with Crippen LogP contribution in [0.4, 0.5) is 0 Å². The maximum atomic E-state index is 11.9. The minimum Gasteiger partial charge on any atom is -0.358 e. The Kier molecular flexibility index (Phi) is 4.59. The number of rotatable bonds is 3. The molecular weight excluding hydrogens is 274 g/mol.